The number of hydrogen-bond donors (Lipinski definition) is 1. The highest BCUT2D eigenvalue weighted by molar-refractivity contribution is 5.01. The maximum atomic E-state index is 6.99. The van der Waals surface area contributed by atoms with Crippen molar-refractivity contribution >= 4 is 0 Å². The van der Waals surface area contributed by atoms with E-state index in [9.17, 15) is 0 Å². The molecule has 21 heavy (non-hydrogen) atoms. The minimum atomic E-state index is 0.0853. The first-order valence-electron chi connectivity index (χ1n) is 9.36. The molecular weight excluding hydrogens is 258 g/mol. The van der Waals surface area contributed by atoms with Gasteiger partial charge >= 0.3 is 0 Å². The molecule has 2 unspecified atom stereocenters. The number of nitrogens with two attached hydrogens (primary N) is 1. The van der Waals surface area contributed by atoms with Crippen molar-refractivity contribution in [2.45, 2.75) is 102 Å². The van der Waals surface area contributed by atoms with Crippen LogP contribution in [-0.4, -0.2) is 17.7 Å². The van der Waals surface area contributed by atoms with Crippen LogP contribution in [0, 0.1) is 11.3 Å². The van der Waals surface area contributed by atoms with E-state index >= 15 is 0 Å². The van der Waals surface area contributed by atoms with E-state index in [0.717, 1.165) is 6.61 Å². The van der Waals surface area contributed by atoms with E-state index in [-0.39, 0.29) is 11.1 Å². The first kappa shape index (κ1) is 15.8. The molecule has 1 heterocycles. The van der Waals surface area contributed by atoms with Gasteiger partial charge < -0.3 is 10.5 Å². The van der Waals surface area contributed by atoms with E-state index < -0.39 is 0 Å². The predicted octanol–water partition coefficient (Wildman–Crippen LogP) is 4.80. The molecule has 0 aromatic heterocycles. The molecular formula is C19H35NO. The molecule has 3 aliphatic rings. The lowest BCUT2D eigenvalue weighted by atomic mass is 9.67. The van der Waals surface area contributed by atoms with Crippen molar-refractivity contribution in [3.63, 3.8) is 0 Å². The second kappa shape index (κ2) is 5.85. The molecule has 2 saturated carbocycles. The van der Waals surface area contributed by atoms with E-state index in [2.05, 4.69) is 13.8 Å². The van der Waals surface area contributed by atoms with Crippen molar-refractivity contribution in [3.05, 3.63) is 0 Å². The fraction of sp³-hybridized carbons (Fsp3) is 1.00. The molecule has 122 valence electrons. The van der Waals surface area contributed by atoms with Gasteiger partial charge in [-0.1, -0.05) is 39.5 Å². The fourth-order valence-corrected chi connectivity index (χ4v) is 5.19. The molecule has 1 spiro atoms. The van der Waals surface area contributed by atoms with Gasteiger partial charge in [-0.25, -0.2) is 0 Å². The molecule has 0 bridgehead atoms. The SMILES string of the molecule is CC1(C)CCCC(N)(C2CCOC3(CCCCC3)C2)CC1. The molecule has 0 aromatic carbocycles. The summed E-state index contributed by atoms with van der Waals surface area (Å²) in [5, 5.41) is 0. The zero-order valence-electron chi connectivity index (χ0n) is 14.3. The highest BCUT2D eigenvalue weighted by Crippen LogP contribution is 2.47. The molecule has 0 amide bonds. The minimum Gasteiger partial charge on any atom is -0.375 e. The predicted molar refractivity (Wildman–Crippen MR) is 88.3 cm³/mol. The van der Waals surface area contributed by atoms with Crippen LogP contribution in [0.1, 0.15) is 90.9 Å². The molecule has 2 aliphatic carbocycles. The third-order valence-electron chi connectivity index (χ3n) is 6.83. The van der Waals surface area contributed by atoms with E-state index in [1.165, 1.54) is 77.0 Å². The molecule has 2 atom stereocenters. The Morgan fingerprint density at radius 3 is 2.38 bits per heavy atom. The van der Waals surface area contributed by atoms with Crippen LogP contribution in [0.15, 0.2) is 0 Å². The van der Waals surface area contributed by atoms with Crippen LogP contribution in [0.4, 0.5) is 0 Å². The Kier molecular flexibility index (Phi) is 4.40. The molecule has 3 rings (SSSR count). The molecule has 3 fully saturated rings. The monoisotopic (exact) mass is 293 g/mol. The first-order valence-corrected chi connectivity index (χ1v) is 9.36. The van der Waals surface area contributed by atoms with Crippen LogP contribution in [0.25, 0.3) is 0 Å². The summed E-state index contributed by atoms with van der Waals surface area (Å²) in [5.41, 5.74) is 7.77. The van der Waals surface area contributed by atoms with Crippen LogP contribution < -0.4 is 5.73 Å². The van der Waals surface area contributed by atoms with Crippen LogP contribution in [0.2, 0.25) is 0 Å². The maximum Gasteiger partial charge on any atom is 0.0685 e. The van der Waals surface area contributed by atoms with Gasteiger partial charge in [-0.2, -0.15) is 0 Å². The Balaban J connectivity index is 1.70. The molecule has 2 heteroatoms. The van der Waals surface area contributed by atoms with Crippen molar-refractivity contribution in [2.24, 2.45) is 17.1 Å². The standard InChI is InChI=1S/C19H35NO/c1-17(2)8-6-11-19(20,13-12-17)16-7-14-21-18(15-16)9-4-3-5-10-18/h16H,3-15,20H2,1-2H3. The van der Waals surface area contributed by atoms with Crippen molar-refractivity contribution < 1.29 is 4.74 Å². The number of rotatable bonds is 1. The Morgan fingerprint density at radius 2 is 1.62 bits per heavy atom. The van der Waals surface area contributed by atoms with E-state index in [1.54, 1.807) is 0 Å². The first-order chi connectivity index (χ1) is 9.93. The highest BCUT2D eigenvalue weighted by Gasteiger charge is 2.46. The van der Waals surface area contributed by atoms with Gasteiger partial charge in [-0.15, -0.1) is 0 Å². The van der Waals surface area contributed by atoms with Crippen LogP contribution >= 0.6 is 0 Å². The second-order valence-corrected chi connectivity index (χ2v) is 9.03. The van der Waals surface area contributed by atoms with E-state index in [1.807, 2.05) is 0 Å². The van der Waals surface area contributed by atoms with Crippen LogP contribution in [-0.2, 0) is 4.74 Å². The second-order valence-electron chi connectivity index (χ2n) is 9.03. The zero-order chi connectivity index (χ0) is 15.0. The third-order valence-corrected chi connectivity index (χ3v) is 6.83. The lowest BCUT2D eigenvalue weighted by Gasteiger charge is -2.49. The molecule has 0 radical (unpaired) electrons. The summed E-state index contributed by atoms with van der Waals surface area (Å²) in [4.78, 5) is 0. The summed E-state index contributed by atoms with van der Waals surface area (Å²) < 4.78 is 6.29. The van der Waals surface area contributed by atoms with Gasteiger partial charge in [0.2, 0.25) is 0 Å². The number of ether oxygens (including phenoxy) is 1. The Hall–Kier alpha value is -0.0800. The summed E-state index contributed by atoms with van der Waals surface area (Å²) in [7, 11) is 0. The van der Waals surface area contributed by atoms with Crippen molar-refractivity contribution in [3.8, 4) is 0 Å². The van der Waals surface area contributed by atoms with Crippen molar-refractivity contribution in [1.82, 2.24) is 0 Å². The zero-order valence-corrected chi connectivity index (χ0v) is 14.3. The van der Waals surface area contributed by atoms with Gasteiger partial charge in [-0.3, -0.25) is 0 Å². The Morgan fingerprint density at radius 1 is 0.857 bits per heavy atom. The van der Waals surface area contributed by atoms with Gasteiger partial charge in [0, 0.05) is 12.1 Å². The van der Waals surface area contributed by atoms with Gasteiger partial charge in [0.1, 0.15) is 0 Å². The van der Waals surface area contributed by atoms with Crippen molar-refractivity contribution in [1.29, 1.82) is 0 Å². The van der Waals surface area contributed by atoms with Gasteiger partial charge in [-0.05, 0) is 62.7 Å². The van der Waals surface area contributed by atoms with Gasteiger partial charge in [0.15, 0.2) is 0 Å². The Labute approximate surface area is 131 Å². The molecule has 1 saturated heterocycles. The molecule has 2 N–H and O–H groups in total. The van der Waals surface area contributed by atoms with Crippen LogP contribution in [0.3, 0.4) is 0 Å². The lowest BCUT2D eigenvalue weighted by Crippen LogP contribution is -2.53. The highest BCUT2D eigenvalue weighted by atomic mass is 16.5. The summed E-state index contributed by atoms with van der Waals surface area (Å²) in [5.74, 6) is 0.693. The minimum absolute atomic E-state index is 0.0853. The van der Waals surface area contributed by atoms with Crippen LogP contribution in [0.5, 0.6) is 0 Å². The smallest absolute Gasteiger partial charge is 0.0685 e. The summed E-state index contributed by atoms with van der Waals surface area (Å²) in [6, 6.07) is 0. The van der Waals surface area contributed by atoms with Gasteiger partial charge in [0.05, 0.1) is 5.60 Å². The summed E-state index contributed by atoms with van der Waals surface area (Å²) >= 11 is 0. The average molecular weight is 293 g/mol. The average Bonchev–Trinajstić information content (AvgIpc) is 2.60. The molecule has 2 nitrogen and oxygen atoms in total. The fourth-order valence-electron chi connectivity index (χ4n) is 5.19. The molecule has 1 aliphatic heterocycles. The maximum absolute atomic E-state index is 6.99. The number of hydrogen-bond acceptors (Lipinski definition) is 2. The summed E-state index contributed by atoms with van der Waals surface area (Å²) in [6.07, 6.45) is 15.5. The lowest BCUT2D eigenvalue weighted by molar-refractivity contribution is -0.128. The van der Waals surface area contributed by atoms with E-state index in [0.29, 0.717) is 11.3 Å². The quantitative estimate of drug-likeness (QED) is 0.705. The van der Waals surface area contributed by atoms with Gasteiger partial charge in [0.25, 0.3) is 0 Å². The third kappa shape index (κ3) is 3.47. The summed E-state index contributed by atoms with van der Waals surface area (Å²) in [6.45, 7) is 5.80. The topological polar surface area (TPSA) is 35.2 Å². The largest absolute Gasteiger partial charge is 0.375 e. The molecule has 0 aromatic rings. The normalized spacial score (nSPS) is 39.9. The van der Waals surface area contributed by atoms with Crippen molar-refractivity contribution in [2.75, 3.05) is 6.61 Å². The van der Waals surface area contributed by atoms with E-state index in [4.69, 9.17) is 10.5 Å². The Bertz CT molecular complexity index is 353.